The number of cyclic esters (lactones) is 1. The number of fused-ring (bicyclic) bond motifs is 2. The maximum absolute atomic E-state index is 11.0. The molecule has 0 spiro atoms. The molecule has 0 aromatic heterocycles. The van der Waals surface area contributed by atoms with Crippen LogP contribution in [0.2, 0.25) is 0 Å². The van der Waals surface area contributed by atoms with Crippen LogP contribution in [0, 0.1) is 5.92 Å². The van der Waals surface area contributed by atoms with Crippen LogP contribution in [0.4, 0.5) is 0 Å². The van der Waals surface area contributed by atoms with Crippen molar-refractivity contribution in [3.05, 3.63) is 0 Å². The van der Waals surface area contributed by atoms with Crippen molar-refractivity contribution in [2.45, 2.75) is 18.6 Å². The van der Waals surface area contributed by atoms with E-state index in [0.29, 0.717) is 13.0 Å². The van der Waals surface area contributed by atoms with Gasteiger partial charge in [0.15, 0.2) is 0 Å². The van der Waals surface area contributed by atoms with Gasteiger partial charge in [0.2, 0.25) is 0 Å². The third-order valence-corrected chi connectivity index (χ3v) is 2.19. The first-order chi connectivity index (χ1) is 5.27. The standard InChI is InChI=1S/C7H10O4/c8-5-3-11-7(9)4-1-6(5)10-2-4/h4-6,8H,1-3H2/t4-,5+,6-/m1/s1. The molecule has 2 saturated heterocycles. The Morgan fingerprint density at radius 1 is 1.45 bits per heavy atom. The summed E-state index contributed by atoms with van der Waals surface area (Å²) in [5.41, 5.74) is 0. The van der Waals surface area contributed by atoms with Crippen LogP contribution in [0.1, 0.15) is 6.42 Å². The van der Waals surface area contributed by atoms with Crippen molar-refractivity contribution in [3.63, 3.8) is 0 Å². The van der Waals surface area contributed by atoms with Crippen molar-refractivity contribution in [1.29, 1.82) is 0 Å². The molecule has 2 bridgehead atoms. The van der Waals surface area contributed by atoms with Crippen molar-refractivity contribution in [2.24, 2.45) is 5.92 Å². The number of carbonyl (C=O) groups is 1. The SMILES string of the molecule is O=C1OC[C@H](O)[C@H]2C[C@@H]1CO2. The Kier molecular flexibility index (Phi) is 1.58. The zero-order valence-electron chi connectivity index (χ0n) is 6.03. The highest BCUT2D eigenvalue weighted by atomic mass is 16.6. The average Bonchev–Trinajstić information content (AvgIpc) is 2.42. The first kappa shape index (κ1) is 7.06. The smallest absolute Gasteiger partial charge is 0.311 e. The fourth-order valence-electron chi connectivity index (χ4n) is 1.48. The zero-order valence-corrected chi connectivity index (χ0v) is 6.03. The van der Waals surface area contributed by atoms with E-state index in [9.17, 15) is 9.90 Å². The first-order valence-corrected chi connectivity index (χ1v) is 3.73. The molecule has 0 aromatic carbocycles. The van der Waals surface area contributed by atoms with E-state index in [2.05, 4.69) is 0 Å². The van der Waals surface area contributed by atoms with Crippen molar-refractivity contribution in [3.8, 4) is 0 Å². The van der Waals surface area contributed by atoms with Gasteiger partial charge in [-0.3, -0.25) is 4.79 Å². The van der Waals surface area contributed by atoms with E-state index >= 15 is 0 Å². The molecule has 2 rings (SSSR count). The summed E-state index contributed by atoms with van der Waals surface area (Å²) in [5.74, 6) is -0.374. The lowest BCUT2D eigenvalue weighted by Gasteiger charge is -2.15. The fraction of sp³-hybridized carbons (Fsp3) is 0.857. The molecular formula is C7H10O4. The molecule has 0 saturated carbocycles. The summed E-state index contributed by atoms with van der Waals surface area (Å²) in [7, 11) is 0. The Morgan fingerprint density at radius 2 is 2.27 bits per heavy atom. The molecule has 4 heteroatoms. The van der Waals surface area contributed by atoms with Crippen LogP contribution < -0.4 is 0 Å². The van der Waals surface area contributed by atoms with Gasteiger partial charge in [0.05, 0.1) is 18.6 Å². The summed E-state index contributed by atoms with van der Waals surface area (Å²) in [6.07, 6.45) is -0.210. The summed E-state index contributed by atoms with van der Waals surface area (Å²) in [6.45, 7) is 0.487. The second-order valence-corrected chi connectivity index (χ2v) is 3.00. The largest absolute Gasteiger partial charge is 0.463 e. The molecule has 2 heterocycles. The van der Waals surface area contributed by atoms with Gasteiger partial charge in [-0.1, -0.05) is 0 Å². The van der Waals surface area contributed by atoms with Crippen molar-refractivity contribution >= 4 is 5.97 Å². The van der Waals surface area contributed by atoms with Crippen LogP contribution in [0.5, 0.6) is 0 Å². The number of carbonyl (C=O) groups excluding carboxylic acids is 1. The topological polar surface area (TPSA) is 55.8 Å². The number of esters is 1. The second-order valence-electron chi connectivity index (χ2n) is 3.00. The van der Waals surface area contributed by atoms with E-state index < -0.39 is 6.10 Å². The molecular weight excluding hydrogens is 148 g/mol. The van der Waals surface area contributed by atoms with Gasteiger partial charge in [0.25, 0.3) is 0 Å². The monoisotopic (exact) mass is 158 g/mol. The highest BCUT2D eigenvalue weighted by Gasteiger charge is 2.39. The number of ether oxygens (including phenoxy) is 2. The van der Waals surface area contributed by atoms with E-state index in [1.165, 1.54) is 0 Å². The third-order valence-electron chi connectivity index (χ3n) is 2.19. The number of aliphatic hydroxyl groups excluding tert-OH is 1. The number of rotatable bonds is 0. The summed E-state index contributed by atoms with van der Waals surface area (Å²) < 4.78 is 9.97. The molecule has 3 atom stereocenters. The summed E-state index contributed by atoms with van der Waals surface area (Å²) in [4.78, 5) is 11.0. The normalized spacial score (nSPS) is 43.4. The van der Waals surface area contributed by atoms with Gasteiger partial charge in [0.1, 0.15) is 12.7 Å². The highest BCUT2D eigenvalue weighted by molar-refractivity contribution is 5.73. The first-order valence-electron chi connectivity index (χ1n) is 3.73. The second kappa shape index (κ2) is 2.46. The summed E-state index contributed by atoms with van der Waals surface area (Å²) >= 11 is 0. The Labute approximate surface area is 64.1 Å². The van der Waals surface area contributed by atoms with E-state index in [1.54, 1.807) is 0 Å². The molecule has 0 aromatic rings. The van der Waals surface area contributed by atoms with Crippen LogP contribution >= 0.6 is 0 Å². The molecule has 2 aliphatic heterocycles. The molecule has 1 N–H and O–H groups in total. The Hall–Kier alpha value is -0.610. The lowest BCUT2D eigenvalue weighted by molar-refractivity contribution is -0.154. The lowest BCUT2D eigenvalue weighted by Crippen LogP contribution is -2.30. The maximum Gasteiger partial charge on any atom is 0.311 e. The maximum atomic E-state index is 11.0. The van der Waals surface area contributed by atoms with E-state index in [-0.39, 0.29) is 24.6 Å². The lowest BCUT2D eigenvalue weighted by atomic mass is 10.1. The predicted molar refractivity (Wildman–Crippen MR) is 34.8 cm³/mol. The highest BCUT2D eigenvalue weighted by Crippen LogP contribution is 2.26. The van der Waals surface area contributed by atoms with Crippen LogP contribution in [0.25, 0.3) is 0 Å². The van der Waals surface area contributed by atoms with Gasteiger partial charge in [0, 0.05) is 0 Å². The quantitative estimate of drug-likeness (QED) is 0.474. The molecule has 4 nitrogen and oxygen atoms in total. The minimum Gasteiger partial charge on any atom is -0.463 e. The fourth-order valence-corrected chi connectivity index (χ4v) is 1.48. The van der Waals surface area contributed by atoms with E-state index in [0.717, 1.165) is 0 Å². The van der Waals surface area contributed by atoms with E-state index in [1.807, 2.05) is 0 Å². The van der Waals surface area contributed by atoms with Gasteiger partial charge in [-0.25, -0.2) is 0 Å². The van der Waals surface area contributed by atoms with E-state index in [4.69, 9.17) is 9.47 Å². The number of hydrogen-bond acceptors (Lipinski definition) is 4. The molecule has 2 aliphatic rings. The Balaban J connectivity index is 2.13. The van der Waals surface area contributed by atoms with Crippen molar-refractivity contribution in [1.82, 2.24) is 0 Å². The van der Waals surface area contributed by atoms with Gasteiger partial charge in [-0.15, -0.1) is 0 Å². The van der Waals surface area contributed by atoms with Crippen LogP contribution in [-0.4, -0.2) is 36.5 Å². The third kappa shape index (κ3) is 1.12. The average molecular weight is 158 g/mol. The molecule has 0 unspecified atom stereocenters. The van der Waals surface area contributed by atoms with Gasteiger partial charge in [-0.05, 0) is 6.42 Å². The van der Waals surface area contributed by atoms with Crippen molar-refractivity contribution in [2.75, 3.05) is 13.2 Å². The van der Waals surface area contributed by atoms with Crippen LogP contribution in [0.3, 0.4) is 0 Å². The predicted octanol–water partition coefficient (Wildman–Crippen LogP) is -0.691. The van der Waals surface area contributed by atoms with Gasteiger partial charge < -0.3 is 14.6 Å². The van der Waals surface area contributed by atoms with Crippen LogP contribution in [-0.2, 0) is 14.3 Å². The molecule has 0 amide bonds. The summed E-state index contributed by atoms with van der Waals surface area (Å²) in [5, 5.41) is 9.29. The molecule has 11 heavy (non-hydrogen) atoms. The van der Waals surface area contributed by atoms with Gasteiger partial charge in [-0.2, -0.15) is 0 Å². The van der Waals surface area contributed by atoms with Gasteiger partial charge >= 0.3 is 5.97 Å². The molecule has 62 valence electrons. The Bertz CT molecular complexity index is 179. The minimum atomic E-state index is -0.633. The van der Waals surface area contributed by atoms with Crippen LogP contribution in [0.15, 0.2) is 0 Å². The summed E-state index contributed by atoms with van der Waals surface area (Å²) in [6, 6.07) is 0. The molecule has 2 fully saturated rings. The number of hydrogen-bond donors (Lipinski definition) is 1. The molecule has 0 aliphatic carbocycles. The minimum absolute atomic E-state index is 0.0833. The molecule has 0 radical (unpaired) electrons. The van der Waals surface area contributed by atoms with Crippen molar-refractivity contribution < 1.29 is 19.4 Å². The number of aliphatic hydroxyl groups is 1. The zero-order chi connectivity index (χ0) is 7.84. The Morgan fingerprint density at radius 3 is 3.09 bits per heavy atom.